The first-order valence-electron chi connectivity index (χ1n) is 6.98. The molecule has 0 aromatic heterocycles. The molecule has 1 amide bonds. The smallest absolute Gasteiger partial charge is 0.224 e. The molecule has 0 radical (unpaired) electrons. The SMILES string of the molecule is CCCN(C)CCCC(=O)Nc1ccc(OC)cc1N. The van der Waals surface area contributed by atoms with Gasteiger partial charge in [-0.2, -0.15) is 0 Å². The van der Waals surface area contributed by atoms with Crippen LogP contribution < -0.4 is 15.8 Å². The van der Waals surface area contributed by atoms with Crippen molar-refractivity contribution in [1.29, 1.82) is 0 Å². The van der Waals surface area contributed by atoms with E-state index in [9.17, 15) is 4.79 Å². The van der Waals surface area contributed by atoms with Crippen molar-refractivity contribution in [2.45, 2.75) is 26.2 Å². The van der Waals surface area contributed by atoms with Crippen LogP contribution in [-0.4, -0.2) is 38.1 Å². The van der Waals surface area contributed by atoms with Crippen LogP contribution in [0.15, 0.2) is 18.2 Å². The molecule has 0 saturated heterocycles. The van der Waals surface area contributed by atoms with E-state index >= 15 is 0 Å². The fourth-order valence-electron chi connectivity index (χ4n) is 2.00. The minimum absolute atomic E-state index is 0.00762. The number of nitrogens with two attached hydrogens (primary N) is 1. The number of ether oxygens (including phenoxy) is 1. The van der Waals surface area contributed by atoms with Crippen molar-refractivity contribution in [2.75, 3.05) is 38.3 Å². The first-order chi connectivity index (χ1) is 9.56. The Bertz CT molecular complexity index is 435. The third-order valence-electron chi connectivity index (χ3n) is 3.08. The Hall–Kier alpha value is -1.75. The lowest BCUT2D eigenvalue weighted by Gasteiger charge is -2.15. The summed E-state index contributed by atoms with van der Waals surface area (Å²) in [5.41, 5.74) is 7.01. The lowest BCUT2D eigenvalue weighted by atomic mass is 10.2. The van der Waals surface area contributed by atoms with Gasteiger partial charge in [0.25, 0.3) is 0 Å². The Morgan fingerprint density at radius 2 is 2.15 bits per heavy atom. The molecule has 5 nitrogen and oxygen atoms in total. The van der Waals surface area contributed by atoms with Crippen LogP contribution >= 0.6 is 0 Å². The number of nitrogens with zero attached hydrogens (tertiary/aromatic N) is 1. The van der Waals surface area contributed by atoms with Crippen LogP contribution in [0.4, 0.5) is 11.4 Å². The molecule has 1 aromatic carbocycles. The molecule has 0 aliphatic carbocycles. The highest BCUT2D eigenvalue weighted by Crippen LogP contribution is 2.24. The average Bonchev–Trinajstić information content (AvgIpc) is 2.41. The monoisotopic (exact) mass is 279 g/mol. The second-order valence-corrected chi connectivity index (χ2v) is 4.91. The van der Waals surface area contributed by atoms with Gasteiger partial charge in [-0.15, -0.1) is 0 Å². The zero-order chi connectivity index (χ0) is 15.0. The van der Waals surface area contributed by atoms with Gasteiger partial charge in [0.15, 0.2) is 0 Å². The van der Waals surface area contributed by atoms with E-state index in [2.05, 4.69) is 24.2 Å². The summed E-state index contributed by atoms with van der Waals surface area (Å²) in [6, 6.07) is 5.24. The Balaban J connectivity index is 2.39. The Morgan fingerprint density at radius 3 is 2.75 bits per heavy atom. The third kappa shape index (κ3) is 5.48. The summed E-state index contributed by atoms with van der Waals surface area (Å²) in [6.45, 7) is 4.14. The first kappa shape index (κ1) is 16.3. The molecular formula is C15H25N3O2. The molecule has 20 heavy (non-hydrogen) atoms. The fraction of sp³-hybridized carbons (Fsp3) is 0.533. The van der Waals surface area contributed by atoms with Crippen molar-refractivity contribution in [3.63, 3.8) is 0 Å². The summed E-state index contributed by atoms with van der Waals surface area (Å²) in [5.74, 6) is 0.674. The predicted octanol–water partition coefficient (Wildman–Crippen LogP) is 2.34. The number of carbonyl (C=O) groups is 1. The van der Waals surface area contributed by atoms with Crippen molar-refractivity contribution in [3.05, 3.63) is 18.2 Å². The van der Waals surface area contributed by atoms with Gasteiger partial charge in [-0.3, -0.25) is 4.79 Å². The maximum absolute atomic E-state index is 11.8. The molecule has 0 atom stereocenters. The van der Waals surface area contributed by atoms with Gasteiger partial charge >= 0.3 is 0 Å². The summed E-state index contributed by atoms with van der Waals surface area (Å²) in [6.07, 6.45) is 2.48. The molecule has 0 bridgehead atoms. The lowest BCUT2D eigenvalue weighted by molar-refractivity contribution is -0.116. The standard InChI is InChI=1S/C15H25N3O2/c1-4-9-18(2)10-5-6-15(19)17-14-8-7-12(20-3)11-13(14)16/h7-8,11H,4-6,9-10,16H2,1-3H3,(H,17,19). The molecule has 1 aromatic rings. The summed E-state index contributed by atoms with van der Waals surface area (Å²) in [7, 11) is 3.66. The second-order valence-electron chi connectivity index (χ2n) is 4.91. The maximum Gasteiger partial charge on any atom is 0.224 e. The molecule has 3 N–H and O–H groups in total. The number of hydrogen-bond acceptors (Lipinski definition) is 4. The van der Waals surface area contributed by atoms with Crippen LogP contribution in [0.2, 0.25) is 0 Å². The quantitative estimate of drug-likeness (QED) is 0.717. The van der Waals surface area contributed by atoms with E-state index in [-0.39, 0.29) is 5.91 Å². The maximum atomic E-state index is 11.8. The first-order valence-corrected chi connectivity index (χ1v) is 6.98. The van der Waals surface area contributed by atoms with Crippen LogP contribution in [0.3, 0.4) is 0 Å². The minimum Gasteiger partial charge on any atom is -0.497 e. The molecule has 0 unspecified atom stereocenters. The Labute approximate surface area is 121 Å². The van der Waals surface area contributed by atoms with Crippen LogP contribution in [0.5, 0.6) is 5.75 Å². The van der Waals surface area contributed by atoms with Crippen molar-refractivity contribution in [2.24, 2.45) is 0 Å². The normalized spacial score (nSPS) is 10.6. The molecule has 0 heterocycles. The number of nitrogens with one attached hydrogen (secondary N) is 1. The molecule has 1 rings (SSSR count). The van der Waals surface area contributed by atoms with Crippen LogP contribution in [0, 0.1) is 0 Å². The molecule has 0 saturated carbocycles. The molecular weight excluding hydrogens is 254 g/mol. The zero-order valence-corrected chi connectivity index (χ0v) is 12.6. The van der Waals surface area contributed by atoms with E-state index in [1.54, 1.807) is 25.3 Å². The Morgan fingerprint density at radius 1 is 1.40 bits per heavy atom. The number of amides is 1. The largest absolute Gasteiger partial charge is 0.497 e. The Kier molecular flexibility index (Phi) is 6.87. The van der Waals surface area contributed by atoms with Crippen molar-refractivity contribution in [3.8, 4) is 5.75 Å². The van der Waals surface area contributed by atoms with Gasteiger partial charge in [-0.05, 0) is 45.1 Å². The predicted molar refractivity (Wildman–Crippen MR) is 83.1 cm³/mol. The highest BCUT2D eigenvalue weighted by Gasteiger charge is 2.07. The highest BCUT2D eigenvalue weighted by atomic mass is 16.5. The number of methoxy groups -OCH3 is 1. The van der Waals surface area contributed by atoms with Gasteiger partial charge in [-0.1, -0.05) is 6.92 Å². The number of rotatable bonds is 8. The number of carbonyl (C=O) groups excluding carboxylic acids is 1. The number of hydrogen-bond donors (Lipinski definition) is 2. The van der Waals surface area contributed by atoms with Crippen molar-refractivity contribution >= 4 is 17.3 Å². The molecule has 0 aliphatic heterocycles. The number of benzene rings is 1. The van der Waals surface area contributed by atoms with Crippen LogP contribution in [-0.2, 0) is 4.79 Å². The van der Waals surface area contributed by atoms with Gasteiger partial charge in [0.05, 0.1) is 18.5 Å². The summed E-state index contributed by atoms with van der Waals surface area (Å²) >= 11 is 0. The van der Waals surface area contributed by atoms with Crippen LogP contribution in [0.25, 0.3) is 0 Å². The van der Waals surface area contributed by atoms with E-state index in [1.165, 1.54) is 0 Å². The fourth-order valence-corrected chi connectivity index (χ4v) is 2.00. The number of nitrogen functional groups attached to an aromatic ring is 1. The molecule has 0 spiro atoms. The molecule has 0 fully saturated rings. The minimum atomic E-state index is -0.00762. The highest BCUT2D eigenvalue weighted by molar-refractivity contribution is 5.93. The van der Waals surface area contributed by atoms with Gasteiger partial charge in [-0.25, -0.2) is 0 Å². The van der Waals surface area contributed by atoms with E-state index in [1.807, 2.05) is 0 Å². The van der Waals surface area contributed by atoms with Crippen molar-refractivity contribution in [1.82, 2.24) is 4.90 Å². The summed E-state index contributed by atoms with van der Waals surface area (Å²) in [5, 5.41) is 2.83. The molecule has 5 heteroatoms. The summed E-state index contributed by atoms with van der Waals surface area (Å²) in [4.78, 5) is 14.1. The lowest BCUT2D eigenvalue weighted by Crippen LogP contribution is -2.22. The average molecular weight is 279 g/mol. The topological polar surface area (TPSA) is 67.6 Å². The summed E-state index contributed by atoms with van der Waals surface area (Å²) < 4.78 is 5.07. The van der Waals surface area contributed by atoms with Gasteiger partial charge in [0, 0.05) is 12.5 Å². The van der Waals surface area contributed by atoms with Gasteiger partial charge < -0.3 is 20.7 Å². The third-order valence-corrected chi connectivity index (χ3v) is 3.08. The number of anilines is 2. The van der Waals surface area contributed by atoms with E-state index < -0.39 is 0 Å². The van der Waals surface area contributed by atoms with E-state index in [4.69, 9.17) is 10.5 Å². The molecule has 112 valence electrons. The van der Waals surface area contributed by atoms with E-state index in [0.29, 0.717) is 23.5 Å². The zero-order valence-electron chi connectivity index (χ0n) is 12.6. The van der Waals surface area contributed by atoms with E-state index in [0.717, 1.165) is 25.9 Å². The van der Waals surface area contributed by atoms with Gasteiger partial charge in [0.2, 0.25) is 5.91 Å². The van der Waals surface area contributed by atoms with Crippen molar-refractivity contribution < 1.29 is 9.53 Å². The van der Waals surface area contributed by atoms with Gasteiger partial charge in [0.1, 0.15) is 5.75 Å². The van der Waals surface area contributed by atoms with Crippen LogP contribution in [0.1, 0.15) is 26.2 Å². The second kappa shape index (κ2) is 8.43. The molecule has 0 aliphatic rings.